The quantitative estimate of drug-likeness (QED) is 0.0985. The fourth-order valence-electron chi connectivity index (χ4n) is 14.8. The van der Waals surface area contributed by atoms with Crippen molar-refractivity contribution in [3.8, 4) is 0 Å². The molecule has 0 aromatic heterocycles. The molecule has 5 aliphatic carbocycles. The number of hydrogen-bond acceptors (Lipinski definition) is 20. The molecule has 69 heavy (non-hydrogen) atoms. The van der Waals surface area contributed by atoms with Crippen LogP contribution in [-0.2, 0) is 33.2 Å². The van der Waals surface area contributed by atoms with E-state index < -0.39 is 151 Å². The Morgan fingerprint density at radius 2 is 1.20 bits per heavy atom. The molecule has 0 unspecified atom stereocenters. The van der Waals surface area contributed by atoms with Gasteiger partial charge in [-0.3, -0.25) is 0 Å². The minimum Gasteiger partial charge on any atom is -0.501 e. The third-order valence-electron chi connectivity index (χ3n) is 19.2. The van der Waals surface area contributed by atoms with Crippen LogP contribution in [0.4, 0.5) is 0 Å². The number of hydrogen-bond donors (Lipinski definition) is 13. The molecule has 0 aromatic rings. The van der Waals surface area contributed by atoms with Crippen molar-refractivity contribution in [2.45, 2.75) is 197 Å². The molecule has 0 bridgehead atoms. The lowest BCUT2D eigenvalue weighted by atomic mass is 9.34. The van der Waals surface area contributed by atoms with Gasteiger partial charge in [0, 0.05) is 22.2 Å². The number of allylic oxidation sites excluding steroid dienone is 3. The Bertz CT molecular complexity index is 1900. The summed E-state index contributed by atoms with van der Waals surface area (Å²) >= 11 is 0. The molecule has 20 heteroatoms. The van der Waals surface area contributed by atoms with Gasteiger partial charge in [0.15, 0.2) is 18.9 Å². The summed E-state index contributed by atoms with van der Waals surface area (Å²) in [6, 6.07) is 0. The maximum atomic E-state index is 12.2. The van der Waals surface area contributed by atoms with Gasteiger partial charge in [-0.2, -0.15) is 0 Å². The molecule has 396 valence electrons. The second-order valence-electron chi connectivity index (χ2n) is 23.5. The molecule has 0 radical (unpaired) electrons. The molecule has 0 spiro atoms. The van der Waals surface area contributed by atoms with Crippen molar-refractivity contribution in [2.75, 3.05) is 40.1 Å². The minimum absolute atomic E-state index is 0.0238. The van der Waals surface area contributed by atoms with Crippen molar-refractivity contribution in [3.05, 3.63) is 23.0 Å². The summed E-state index contributed by atoms with van der Waals surface area (Å²) in [6.45, 7) is 10.6. The maximum Gasteiger partial charge on any atom is 0.187 e. The van der Waals surface area contributed by atoms with Gasteiger partial charge in [-0.05, 0) is 85.2 Å². The number of ether oxygens (including phenoxy) is 7. The number of rotatable bonds is 12. The van der Waals surface area contributed by atoms with Crippen molar-refractivity contribution in [3.63, 3.8) is 0 Å². The van der Waals surface area contributed by atoms with Gasteiger partial charge in [0.05, 0.1) is 52.4 Å². The number of methoxy groups -OCH3 is 1. The predicted molar refractivity (Wildman–Crippen MR) is 239 cm³/mol. The Hall–Kier alpha value is -1.48. The van der Waals surface area contributed by atoms with Crippen LogP contribution in [0.3, 0.4) is 0 Å². The molecule has 0 amide bonds. The monoisotopic (exact) mass is 989 g/mol. The Labute approximate surface area is 403 Å². The fraction of sp³-hybridized carbons (Fsp3) is 0.918. The van der Waals surface area contributed by atoms with E-state index in [2.05, 4.69) is 40.7 Å². The van der Waals surface area contributed by atoms with Crippen LogP contribution in [0.5, 0.6) is 0 Å². The first-order valence-electron chi connectivity index (χ1n) is 24.8. The Morgan fingerprint density at radius 1 is 0.623 bits per heavy atom. The number of aliphatic hydroxyl groups excluding tert-OH is 13. The van der Waals surface area contributed by atoms with Gasteiger partial charge in [0.2, 0.25) is 0 Å². The molecule has 8 aliphatic rings. The minimum atomic E-state index is -1.91. The SMILES string of the molecule is COC1=CC2=C3CC(C)(C)CC[C@]3(CO)[C@@H](O)C[C@@]2(C)[C@]2(C)CC[C@H]3[C@](C)(CO)[C@@H](O[C@@H]4O[C@H](CO[C@@H]5O[C@H](CO)[C@@H](O)[C@H](O)[C@H]5O)[C@H](O[C@@H]5O[C@H](CO)[C@@H](O)[C@H](O)[C@H]5O)[C@H](O)[C@H]4O)CC[C@]3(C)[C@@H]12. The van der Waals surface area contributed by atoms with Crippen LogP contribution < -0.4 is 0 Å². The highest BCUT2D eigenvalue weighted by Crippen LogP contribution is 2.75. The summed E-state index contributed by atoms with van der Waals surface area (Å²) in [5, 5.41) is 141. The highest BCUT2D eigenvalue weighted by molar-refractivity contribution is 5.48. The summed E-state index contributed by atoms with van der Waals surface area (Å²) in [5.41, 5.74) is -0.873. The van der Waals surface area contributed by atoms with Crippen LogP contribution >= 0.6 is 0 Å². The average molecular weight is 989 g/mol. The molecule has 13 N–H and O–H groups in total. The van der Waals surface area contributed by atoms with Crippen LogP contribution in [0.1, 0.15) is 92.9 Å². The summed E-state index contributed by atoms with van der Waals surface area (Å²) in [5.74, 6) is 0.459. The Balaban J connectivity index is 1.08. The van der Waals surface area contributed by atoms with E-state index in [4.69, 9.17) is 33.2 Å². The summed E-state index contributed by atoms with van der Waals surface area (Å²) in [7, 11) is 1.69. The summed E-state index contributed by atoms with van der Waals surface area (Å²) in [6.07, 6.45) is -19.7. The molecule has 3 aliphatic heterocycles. The van der Waals surface area contributed by atoms with Crippen molar-refractivity contribution in [1.82, 2.24) is 0 Å². The first-order chi connectivity index (χ1) is 32.4. The molecule has 24 atom stereocenters. The zero-order chi connectivity index (χ0) is 50.6. The molecule has 3 heterocycles. The molecule has 8 rings (SSSR count). The molecule has 3 saturated carbocycles. The standard InChI is InChI=1S/C49H80O20/c1-44(2)12-13-49(21-53)23(15-44)22-14-24(63-7)40-45(3)10-9-30(46(4,20-52)28(45)8-11-47(40,5)48(22,6)16-29(49)54)68-42-38(62)35(59)39(69-43-37(61)34(58)32(56)26(18-51)66-43)27(67-42)19-64-41-36(60)33(57)31(55)25(17-50)65-41/h14,25-43,50-62H,8-13,15-21H2,1-7H3/t25-,26-,27-,28-,29+,30+,31-,32-,33+,34+,35-,36-,37-,38-,39+,40-,41-,42+,43+,45+,46+,47-,48-,49-/m1/s1. The predicted octanol–water partition coefficient (Wildman–Crippen LogP) is -1.55. The smallest absolute Gasteiger partial charge is 0.187 e. The molecular weight excluding hydrogens is 909 g/mol. The van der Waals surface area contributed by atoms with Crippen LogP contribution in [0.15, 0.2) is 23.0 Å². The van der Waals surface area contributed by atoms with Crippen LogP contribution in [0.25, 0.3) is 0 Å². The van der Waals surface area contributed by atoms with Crippen molar-refractivity contribution >= 4 is 0 Å². The van der Waals surface area contributed by atoms with E-state index in [0.29, 0.717) is 38.5 Å². The molecule has 0 aromatic carbocycles. The van der Waals surface area contributed by atoms with Gasteiger partial charge in [0.25, 0.3) is 0 Å². The summed E-state index contributed by atoms with van der Waals surface area (Å²) < 4.78 is 42.3. The van der Waals surface area contributed by atoms with Gasteiger partial charge < -0.3 is 99.5 Å². The van der Waals surface area contributed by atoms with Crippen molar-refractivity contribution in [2.24, 2.45) is 44.3 Å². The first kappa shape index (κ1) is 53.8. The second-order valence-corrected chi connectivity index (χ2v) is 23.5. The normalized spacial score (nSPS) is 53.0. The van der Waals surface area contributed by atoms with E-state index in [1.165, 1.54) is 0 Å². The Morgan fingerprint density at radius 3 is 1.80 bits per heavy atom. The van der Waals surface area contributed by atoms with Gasteiger partial charge >= 0.3 is 0 Å². The lowest BCUT2D eigenvalue weighted by molar-refractivity contribution is -0.376. The van der Waals surface area contributed by atoms with E-state index >= 15 is 0 Å². The van der Waals surface area contributed by atoms with E-state index in [1.54, 1.807) is 7.11 Å². The average Bonchev–Trinajstić information content (AvgIpc) is 3.31. The second kappa shape index (κ2) is 19.3. The zero-order valence-corrected chi connectivity index (χ0v) is 40.9. The van der Waals surface area contributed by atoms with Crippen LogP contribution in [0, 0.1) is 44.3 Å². The third-order valence-corrected chi connectivity index (χ3v) is 19.2. The van der Waals surface area contributed by atoms with Crippen molar-refractivity contribution < 1.29 is 99.5 Å². The van der Waals surface area contributed by atoms with E-state index in [-0.39, 0.29) is 30.5 Å². The highest BCUT2D eigenvalue weighted by atomic mass is 16.8. The largest absolute Gasteiger partial charge is 0.501 e. The van der Waals surface area contributed by atoms with Gasteiger partial charge in [-0.1, -0.05) is 47.1 Å². The summed E-state index contributed by atoms with van der Waals surface area (Å²) in [4.78, 5) is 0. The molecule has 6 fully saturated rings. The van der Waals surface area contributed by atoms with E-state index in [1.807, 2.05) is 6.92 Å². The maximum absolute atomic E-state index is 12.2. The van der Waals surface area contributed by atoms with Crippen LogP contribution in [0.2, 0.25) is 0 Å². The topological polar surface area (TPSA) is 328 Å². The van der Waals surface area contributed by atoms with Gasteiger partial charge in [-0.25, -0.2) is 0 Å². The number of fused-ring (bicyclic) bond motifs is 6. The molecule has 20 nitrogen and oxygen atoms in total. The van der Waals surface area contributed by atoms with Gasteiger partial charge in [-0.15, -0.1) is 0 Å². The molecular formula is C49H80O20. The number of aliphatic hydroxyl groups is 13. The van der Waals surface area contributed by atoms with Gasteiger partial charge in [0.1, 0.15) is 79.0 Å². The third kappa shape index (κ3) is 8.40. The highest BCUT2D eigenvalue weighted by Gasteiger charge is 2.71. The zero-order valence-electron chi connectivity index (χ0n) is 40.9. The lowest BCUT2D eigenvalue weighted by Crippen LogP contribution is -2.68. The molecule has 3 saturated heterocycles. The van der Waals surface area contributed by atoms with E-state index in [0.717, 1.165) is 29.7 Å². The lowest BCUT2D eigenvalue weighted by Gasteiger charge is -2.70. The first-order valence-corrected chi connectivity index (χ1v) is 24.8. The van der Waals surface area contributed by atoms with Crippen LogP contribution in [-0.4, -0.2) is 211 Å². The Kier molecular flexibility index (Phi) is 15.1. The van der Waals surface area contributed by atoms with E-state index in [9.17, 15) is 66.4 Å². The fourth-order valence-corrected chi connectivity index (χ4v) is 14.8. The van der Waals surface area contributed by atoms with Crippen molar-refractivity contribution in [1.29, 1.82) is 0 Å².